The number of nitrogens with zero attached hydrogens (tertiary/aromatic N) is 1. The summed E-state index contributed by atoms with van der Waals surface area (Å²) in [5.41, 5.74) is -1.03. The third-order valence-electron chi connectivity index (χ3n) is 4.86. The molecule has 0 saturated carbocycles. The van der Waals surface area contributed by atoms with Gasteiger partial charge in [0.2, 0.25) is 0 Å². The monoisotopic (exact) mass is 522 g/mol. The fourth-order valence-corrected chi connectivity index (χ4v) is 4.42. The number of ether oxygens (including phenoxy) is 3. The molecule has 0 amide bonds. The van der Waals surface area contributed by atoms with E-state index < -0.39 is 42.3 Å². The van der Waals surface area contributed by atoms with Crippen LogP contribution in [0, 0.1) is 10.1 Å². The van der Waals surface area contributed by atoms with E-state index in [-0.39, 0.29) is 41.5 Å². The summed E-state index contributed by atoms with van der Waals surface area (Å²) in [6, 6.07) is 4.93. The molecule has 0 bridgehead atoms. The smallest absolute Gasteiger partial charge is 0.455 e. The summed E-state index contributed by atoms with van der Waals surface area (Å²) in [6.45, 7) is 5.18. The van der Waals surface area contributed by atoms with E-state index in [1.165, 1.54) is 12.1 Å². The molecule has 2 unspecified atom stereocenters. The Morgan fingerprint density at radius 3 is 2.50 bits per heavy atom. The van der Waals surface area contributed by atoms with Gasteiger partial charge in [0.1, 0.15) is 24.2 Å². The zero-order chi connectivity index (χ0) is 25.3. The highest BCUT2D eigenvalue weighted by Crippen LogP contribution is 2.39. The van der Waals surface area contributed by atoms with Crippen LogP contribution in [0.2, 0.25) is 5.02 Å². The second-order valence-corrected chi connectivity index (χ2v) is 9.47. The van der Waals surface area contributed by atoms with Crippen LogP contribution in [0.1, 0.15) is 31.9 Å². The first kappa shape index (κ1) is 26.3. The Labute approximate surface area is 198 Å². The number of nitro groups is 1. The van der Waals surface area contributed by atoms with Gasteiger partial charge in [-0.05, 0) is 43.0 Å². The van der Waals surface area contributed by atoms with E-state index in [0.717, 1.165) is 12.1 Å². The van der Waals surface area contributed by atoms with Crippen molar-refractivity contribution in [1.82, 2.24) is 0 Å². The summed E-state index contributed by atoms with van der Waals surface area (Å²) in [5, 5.41) is 11.1. The number of alkyl halides is 3. The maximum Gasteiger partial charge on any atom is 0.556 e. The van der Waals surface area contributed by atoms with Crippen LogP contribution in [0.25, 0.3) is 0 Å². The summed E-state index contributed by atoms with van der Waals surface area (Å²) in [5.74, 6) is -0.867. The van der Waals surface area contributed by atoms with Crippen molar-refractivity contribution in [3.05, 3.63) is 56.6 Å². The van der Waals surface area contributed by atoms with Gasteiger partial charge in [0, 0.05) is 17.7 Å². The van der Waals surface area contributed by atoms with Crippen molar-refractivity contribution < 1.29 is 41.4 Å². The van der Waals surface area contributed by atoms with Crippen LogP contribution in [0.15, 0.2) is 30.3 Å². The van der Waals surface area contributed by atoms with Crippen molar-refractivity contribution in [2.24, 2.45) is 0 Å². The predicted octanol–water partition coefficient (Wildman–Crippen LogP) is 6.16. The molecule has 2 aromatic carbocycles. The van der Waals surface area contributed by atoms with Crippen molar-refractivity contribution in [1.29, 1.82) is 0 Å². The Bertz CT molecular complexity index is 1110. The molecule has 184 valence electrons. The summed E-state index contributed by atoms with van der Waals surface area (Å²) < 4.78 is 73.6. The van der Waals surface area contributed by atoms with Gasteiger partial charge >= 0.3 is 25.2 Å². The summed E-state index contributed by atoms with van der Waals surface area (Å²) in [7, 11) is -2.70. The minimum absolute atomic E-state index is 0.0540. The van der Waals surface area contributed by atoms with Crippen LogP contribution in [0.4, 0.5) is 18.9 Å². The molecular formula is C21H21ClF3NO7P+. The lowest BCUT2D eigenvalue weighted by molar-refractivity contribution is -0.383. The second kappa shape index (κ2) is 10.1. The number of hydrogen-bond acceptors (Lipinski definition) is 7. The number of halogens is 4. The number of benzene rings is 2. The molecule has 1 saturated heterocycles. The molecule has 0 radical (unpaired) electrons. The van der Waals surface area contributed by atoms with Crippen molar-refractivity contribution in [2.45, 2.75) is 45.3 Å². The van der Waals surface area contributed by atoms with Crippen LogP contribution in [-0.2, 0) is 31.2 Å². The van der Waals surface area contributed by atoms with Crippen LogP contribution >= 0.6 is 19.6 Å². The van der Waals surface area contributed by atoms with Crippen LogP contribution in [-0.4, -0.2) is 30.0 Å². The predicted molar refractivity (Wildman–Crippen MR) is 117 cm³/mol. The minimum atomic E-state index is -4.59. The number of rotatable bonds is 8. The van der Waals surface area contributed by atoms with Gasteiger partial charge in [0.25, 0.3) is 0 Å². The summed E-state index contributed by atoms with van der Waals surface area (Å²) >= 11 is 5.97. The largest absolute Gasteiger partial charge is 0.556 e. The fraction of sp³-hybridized carbons (Fsp3) is 0.429. The van der Waals surface area contributed by atoms with Gasteiger partial charge in [0.05, 0.1) is 22.1 Å². The van der Waals surface area contributed by atoms with E-state index in [4.69, 9.17) is 30.3 Å². The second-order valence-electron chi connectivity index (χ2n) is 7.81. The van der Waals surface area contributed by atoms with Crippen molar-refractivity contribution >= 4 is 30.6 Å². The molecule has 1 aliphatic heterocycles. The van der Waals surface area contributed by atoms with E-state index in [1.54, 1.807) is 20.8 Å². The third-order valence-corrected chi connectivity index (χ3v) is 6.29. The Hall–Kier alpha value is -2.30. The first-order valence-electron chi connectivity index (χ1n) is 10.1. The van der Waals surface area contributed by atoms with E-state index in [9.17, 15) is 27.9 Å². The number of nitro benzene ring substituents is 1. The van der Waals surface area contributed by atoms with Crippen molar-refractivity contribution in [3.63, 3.8) is 0 Å². The molecule has 0 aromatic heterocycles. The van der Waals surface area contributed by atoms with Crippen LogP contribution < -0.4 is 10.0 Å². The van der Waals surface area contributed by atoms with E-state index in [0.29, 0.717) is 11.6 Å². The lowest BCUT2D eigenvalue weighted by Crippen LogP contribution is -2.23. The molecule has 1 heterocycles. The Balaban J connectivity index is 1.89. The maximum absolute atomic E-state index is 12.9. The van der Waals surface area contributed by atoms with Crippen molar-refractivity contribution in [3.8, 4) is 11.5 Å². The van der Waals surface area contributed by atoms with Gasteiger partial charge in [0.15, 0.2) is 5.79 Å². The van der Waals surface area contributed by atoms with Gasteiger partial charge in [-0.25, -0.2) is 0 Å². The standard InChI is InChI=1S/C21H21ClF3NO7P/c1-4-12-7-16(26(27)28)19(34(29)31-11-14-10-30-20(2,3)33-14)9-18(12)32-17-6-5-13(8-15(17)22)21(23,24)25/h5-9,14H,4,10-11H2,1-3H3/q+1. The van der Waals surface area contributed by atoms with Gasteiger partial charge in [-0.1, -0.05) is 18.5 Å². The minimum Gasteiger partial charge on any atom is -0.455 e. The molecule has 1 aliphatic rings. The van der Waals surface area contributed by atoms with Gasteiger partial charge < -0.3 is 14.2 Å². The molecule has 8 nitrogen and oxygen atoms in total. The highest BCUT2D eigenvalue weighted by molar-refractivity contribution is 7.48. The number of aryl methyl sites for hydroxylation is 1. The Morgan fingerprint density at radius 2 is 1.97 bits per heavy atom. The van der Waals surface area contributed by atoms with Crippen molar-refractivity contribution in [2.75, 3.05) is 13.2 Å². The maximum atomic E-state index is 12.9. The molecule has 34 heavy (non-hydrogen) atoms. The molecule has 13 heteroatoms. The molecule has 2 aromatic rings. The highest BCUT2D eigenvalue weighted by atomic mass is 35.5. The van der Waals surface area contributed by atoms with Gasteiger partial charge in [-0.2, -0.15) is 13.2 Å². The van der Waals surface area contributed by atoms with Gasteiger partial charge in [-0.15, -0.1) is 4.52 Å². The highest BCUT2D eigenvalue weighted by Gasteiger charge is 2.39. The van der Waals surface area contributed by atoms with Crippen LogP contribution in [0.3, 0.4) is 0 Å². The molecule has 0 spiro atoms. The topological polar surface area (TPSA) is 97.1 Å². The molecule has 2 atom stereocenters. The first-order chi connectivity index (χ1) is 15.8. The molecule has 1 fully saturated rings. The zero-order valence-electron chi connectivity index (χ0n) is 18.3. The number of hydrogen-bond donors (Lipinski definition) is 0. The Kier molecular flexibility index (Phi) is 7.84. The van der Waals surface area contributed by atoms with E-state index >= 15 is 0 Å². The average molecular weight is 523 g/mol. The normalized spacial score (nSPS) is 18.1. The molecule has 0 aliphatic carbocycles. The lowest BCUT2D eigenvalue weighted by atomic mass is 10.1. The van der Waals surface area contributed by atoms with E-state index in [1.807, 2.05) is 0 Å². The molecule has 3 rings (SSSR count). The Morgan fingerprint density at radius 1 is 1.26 bits per heavy atom. The SMILES string of the molecule is CCc1cc([N+](=O)[O-])c([P+](=O)OCC2COC(C)(C)O2)cc1Oc1ccc(C(F)(F)F)cc1Cl. The quantitative estimate of drug-likeness (QED) is 0.233. The zero-order valence-corrected chi connectivity index (χ0v) is 20.0. The summed E-state index contributed by atoms with van der Waals surface area (Å²) in [4.78, 5) is 10.9. The van der Waals surface area contributed by atoms with Crippen LogP contribution in [0.5, 0.6) is 11.5 Å². The first-order valence-corrected chi connectivity index (χ1v) is 11.6. The molecule has 0 N–H and O–H groups in total. The molecular weight excluding hydrogens is 502 g/mol. The van der Waals surface area contributed by atoms with Gasteiger partial charge in [-0.3, -0.25) is 10.1 Å². The lowest BCUT2D eigenvalue weighted by Gasteiger charge is -2.15. The van der Waals surface area contributed by atoms with E-state index in [2.05, 4.69) is 0 Å². The fourth-order valence-electron chi connectivity index (χ4n) is 3.21. The third kappa shape index (κ3) is 6.22. The average Bonchev–Trinajstić information content (AvgIpc) is 3.10. The summed E-state index contributed by atoms with van der Waals surface area (Å²) in [6.07, 6.45) is -4.81.